The third kappa shape index (κ3) is 2.63. The lowest BCUT2D eigenvalue weighted by Gasteiger charge is -2.31. The van der Waals surface area contributed by atoms with E-state index < -0.39 is 5.41 Å². The van der Waals surface area contributed by atoms with E-state index in [2.05, 4.69) is 6.07 Å². The highest BCUT2D eigenvalue weighted by Crippen LogP contribution is 2.38. The second kappa shape index (κ2) is 5.62. The third-order valence-electron chi connectivity index (χ3n) is 3.39. The average Bonchev–Trinajstić information content (AvgIpc) is 2.48. The first-order valence-electron chi connectivity index (χ1n) is 6.18. The Kier molecular flexibility index (Phi) is 3.91. The Bertz CT molecular complexity index is 518. The number of methoxy groups -OCH3 is 2. The SMILES string of the molecule is COC1=CC(CC#N)(c2ccccc2)C=C(OC)C1. The highest BCUT2D eigenvalue weighted by atomic mass is 16.5. The quantitative estimate of drug-likeness (QED) is 0.829. The maximum atomic E-state index is 9.17. The molecule has 1 aliphatic rings. The van der Waals surface area contributed by atoms with E-state index in [1.54, 1.807) is 14.2 Å². The van der Waals surface area contributed by atoms with Gasteiger partial charge in [-0.2, -0.15) is 5.26 Å². The molecule has 3 heteroatoms. The van der Waals surface area contributed by atoms with Crippen LogP contribution < -0.4 is 0 Å². The van der Waals surface area contributed by atoms with E-state index in [4.69, 9.17) is 9.47 Å². The summed E-state index contributed by atoms with van der Waals surface area (Å²) in [6, 6.07) is 12.2. The van der Waals surface area contributed by atoms with Crippen LogP contribution in [0.3, 0.4) is 0 Å². The maximum absolute atomic E-state index is 9.17. The summed E-state index contributed by atoms with van der Waals surface area (Å²) in [7, 11) is 3.29. The van der Waals surface area contributed by atoms with Crippen LogP contribution in [0.25, 0.3) is 0 Å². The summed E-state index contributed by atoms with van der Waals surface area (Å²) in [4.78, 5) is 0. The monoisotopic (exact) mass is 255 g/mol. The zero-order chi connectivity index (χ0) is 13.7. The summed E-state index contributed by atoms with van der Waals surface area (Å²) in [5.74, 6) is 1.66. The van der Waals surface area contributed by atoms with Gasteiger partial charge in [-0.1, -0.05) is 30.3 Å². The summed E-state index contributed by atoms with van der Waals surface area (Å²) < 4.78 is 10.8. The second-order valence-corrected chi connectivity index (χ2v) is 4.55. The minimum Gasteiger partial charge on any atom is -0.501 e. The van der Waals surface area contributed by atoms with Crippen molar-refractivity contribution in [1.29, 1.82) is 5.26 Å². The van der Waals surface area contributed by atoms with Gasteiger partial charge in [0.15, 0.2) is 0 Å². The van der Waals surface area contributed by atoms with Crippen LogP contribution in [0.5, 0.6) is 0 Å². The third-order valence-corrected chi connectivity index (χ3v) is 3.39. The molecular formula is C16H17NO2. The fourth-order valence-electron chi connectivity index (χ4n) is 2.40. The van der Waals surface area contributed by atoms with Crippen molar-refractivity contribution in [2.45, 2.75) is 18.3 Å². The minimum absolute atomic E-state index is 0.358. The number of ether oxygens (including phenoxy) is 2. The number of hydrogen-bond donors (Lipinski definition) is 0. The van der Waals surface area contributed by atoms with Crippen molar-refractivity contribution in [2.24, 2.45) is 0 Å². The fourth-order valence-corrected chi connectivity index (χ4v) is 2.40. The summed E-state index contributed by atoms with van der Waals surface area (Å²) in [6.45, 7) is 0. The van der Waals surface area contributed by atoms with Gasteiger partial charge >= 0.3 is 0 Å². The molecule has 0 atom stereocenters. The zero-order valence-electron chi connectivity index (χ0n) is 11.2. The van der Waals surface area contributed by atoms with Crippen molar-refractivity contribution in [3.05, 3.63) is 59.6 Å². The smallest absolute Gasteiger partial charge is 0.100 e. The molecule has 0 saturated carbocycles. The van der Waals surface area contributed by atoms with Crippen molar-refractivity contribution in [2.75, 3.05) is 14.2 Å². The Hall–Kier alpha value is -2.21. The van der Waals surface area contributed by atoms with Crippen molar-refractivity contribution < 1.29 is 9.47 Å². The van der Waals surface area contributed by atoms with Crippen LogP contribution in [-0.2, 0) is 14.9 Å². The normalized spacial score (nSPS) is 16.9. The van der Waals surface area contributed by atoms with Gasteiger partial charge in [0.1, 0.15) is 11.5 Å². The van der Waals surface area contributed by atoms with Gasteiger partial charge in [0.05, 0.1) is 38.5 Å². The van der Waals surface area contributed by atoms with Gasteiger partial charge in [-0.25, -0.2) is 0 Å². The zero-order valence-corrected chi connectivity index (χ0v) is 11.2. The van der Waals surface area contributed by atoms with E-state index in [1.807, 2.05) is 42.5 Å². The molecule has 0 aromatic heterocycles. The van der Waals surface area contributed by atoms with Crippen molar-refractivity contribution in [1.82, 2.24) is 0 Å². The molecule has 0 fully saturated rings. The van der Waals surface area contributed by atoms with Crippen molar-refractivity contribution in [3.8, 4) is 6.07 Å². The number of benzene rings is 1. The molecule has 1 aromatic rings. The fraction of sp³-hybridized carbons (Fsp3) is 0.312. The largest absolute Gasteiger partial charge is 0.501 e. The van der Waals surface area contributed by atoms with Crippen molar-refractivity contribution in [3.63, 3.8) is 0 Å². The molecule has 3 nitrogen and oxygen atoms in total. The molecule has 1 aromatic carbocycles. The summed E-state index contributed by atoms with van der Waals surface area (Å²) >= 11 is 0. The first kappa shape index (κ1) is 13.2. The summed E-state index contributed by atoms with van der Waals surface area (Å²) in [5, 5.41) is 9.17. The van der Waals surface area contributed by atoms with Crippen LogP contribution in [0.15, 0.2) is 54.0 Å². The molecule has 98 valence electrons. The number of nitriles is 1. The Morgan fingerprint density at radius 2 is 1.68 bits per heavy atom. The van der Waals surface area contributed by atoms with Crippen LogP contribution in [-0.4, -0.2) is 14.2 Å². The maximum Gasteiger partial charge on any atom is 0.100 e. The Labute approximate surface area is 113 Å². The van der Waals surface area contributed by atoms with Crippen LogP contribution >= 0.6 is 0 Å². The summed E-state index contributed by atoms with van der Waals surface area (Å²) in [5.41, 5.74) is 0.602. The van der Waals surface area contributed by atoms with E-state index in [1.165, 1.54) is 0 Å². The first-order valence-corrected chi connectivity index (χ1v) is 6.18. The van der Waals surface area contributed by atoms with Crippen LogP contribution in [0.2, 0.25) is 0 Å². The van der Waals surface area contributed by atoms with Gasteiger partial charge in [0.25, 0.3) is 0 Å². The lowest BCUT2D eigenvalue weighted by Crippen LogP contribution is -2.25. The molecule has 0 unspecified atom stereocenters. The Morgan fingerprint density at radius 3 is 2.16 bits per heavy atom. The van der Waals surface area contributed by atoms with Crippen LogP contribution in [0.1, 0.15) is 18.4 Å². The minimum atomic E-state index is -0.467. The number of nitrogens with zero attached hydrogens (tertiary/aromatic N) is 1. The van der Waals surface area contributed by atoms with Gasteiger partial charge in [-0.3, -0.25) is 0 Å². The molecule has 0 N–H and O–H groups in total. The number of hydrogen-bond acceptors (Lipinski definition) is 3. The molecule has 0 spiro atoms. The van der Waals surface area contributed by atoms with Crippen LogP contribution in [0.4, 0.5) is 0 Å². The average molecular weight is 255 g/mol. The van der Waals surface area contributed by atoms with Gasteiger partial charge in [-0.05, 0) is 17.7 Å². The molecule has 0 bridgehead atoms. The number of rotatable bonds is 4. The molecule has 0 aliphatic heterocycles. The highest BCUT2D eigenvalue weighted by Gasteiger charge is 2.33. The highest BCUT2D eigenvalue weighted by molar-refractivity contribution is 5.42. The van der Waals surface area contributed by atoms with E-state index in [0.717, 1.165) is 17.1 Å². The van der Waals surface area contributed by atoms with Crippen molar-refractivity contribution >= 4 is 0 Å². The molecule has 19 heavy (non-hydrogen) atoms. The van der Waals surface area contributed by atoms with Crippen LogP contribution in [0, 0.1) is 11.3 Å². The van der Waals surface area contributed by atoms with E-state index in [-0.39, 0.29) is 0 Å². The molecule has 2 rings (SSSR count). The topological polar surface area (TPSA) is 42.2 Å². The lowest BCUT2D eigenvalue weighted by atomic mass is 9.74. The first-order chi connectivity index (χ1) is 9.24. The molecular weight excluding hydrogens is 238 g/mol. The van der Waals surface area contributed by atoms with E-state index in [0.29, 0.717) is 12.8 Å². The van der Waals surface area contributed by atoms with Gasteiger partial charge in [-0.15, -0.1) is 0 Å². The predicted octanol–water partition coefficient (Wildman–Crippen LogP) is 3.30. The molecule has 0 amide bonds. The molecule has 0 radical (unpaired) electrons. The Balaban J connectivity index is 2.54. The predicted molar refractivity (Wildman–Crippen MR) is 73.2 cm³/mol. The Morgan fingerprint density at radius 1 is 1.11 bits per heavy atom. The second-order valence-electron chi connectivity index (χ2n) is 4.55. The lowest BCUT2D eigenvalue weighted by molar-refractivity contribution is 0.226. The summed E-state index contributed by atoms with van der Waals surface area (Å²) in [6.07, 6.45) is 5.03. The molecule has 1 aliphatic carbocycles. The standard InChI is InChI=1S/C16H17NO2/c1-18-14-10-15(19-2)12-16(11-14,8-9-17)13-6-4-3-5-7-13/h3-7,11-12H,8,10H2,1-2H3. The van der Waals surface area contributed by atoms with E-state index in [9.17, 15) is 5.26 Å². The van der Waals surface area contributed by atoms with Gasteiger partial charge in [0.2, 0.25) is 0 Å². The molecule has 0 heterocycles. The molecule has 0 saturated heterocycles. The van der Waals surface area contributed by atoms with Gasteiger partial charge in [0, 0.05) is 0 Å². The number of allylic oxidation sites excluding steroid dienone is 2. The van der Waals surface area contributed by atoms with E-state index >= 15 is 0 Å². The van der Waals surface area contributed by atoms with Gasteiger partial charge < -0.3 is 9.47 Å².